The highest BCUT2D eigenvalue weighted by Crippen LogP contribution is 2.24. The van der Waals surface area contributed by atoms with Crippen LogP contribution in [-0.2, 0) is 9.84 Å². The second-order valence-electron chi connectivity index (χ2n) is 5.05. The van der Waals surface area contributed by atoms with Crippen LogP contribution in [0.2, 0.25) is 0 Å². The van der Waals surface area contributed by atoms with E-state index in [1.807, 2.05) is 6.92 Å². The van der Waals surface area contributed by atoms with Gasteiger partial charge in [0.25, 0.3) is 5.91 Å². The number of carbonyl (C=O) groups excluding carboxylic acids is 1. The number of rotatable bonds is 3. The van der Waals surface area contributed by atoms with E-state index in [0.717, 1.165) is 11.3 Å². The lowest BCUT2D eigenvalue weighted by molar-refractivity contribution is 0.0749. The monoisotopic (exact) mass is 328 g/mol. The van der Waals surface area contributed by atoms with Gasteiger partial charge in [-0.25, -0.2) is 8.42 Å². The number of sulfone groups is 1. The van der Waals surface area contributed by atoms with Gasteiger partial charge in [0.05, 0.1) is 0 Å². The second kappa shape index (κ2) is 6.27. The van der Waals surface area contributed by atoms with Crippen LogP contribution in [0.4, 0.5) is 5.69 Å². The number of carbonyl (C=O) groups is 1. The summed E-state index contributed by atoms with van der Waals surface area (Å²) in [6.07, 6.45) is 0. The Morgan fingerprint density at radius 2 is 2.19 bits per heavy atom. The van der Waals surface area contributed by atoms with Gasteiger partial charge >= 0.3 is 0 Å². The fourth-order valence-electron chi connectivity index (χ4n) is 2.24. The molecule has 2 rings (SSSR count). The smallest absolute Gasteiger partial charge is 0.255 e. The zero-order valence-corrected chi connectivity index (χ0v) is 13.8. The van der Waals surface area contributed by atoms with Crippen LogP contribution in [0.25, 0.3) is 0 Å². The third kappa shape index (κ3) is 3.35. The van der Waals surface area contributed by atoms with E-state index in [2.05, 4.69) is 0 Å². The molecule has 0 spiro atoms. The summed E-state index contributed by atoms with van der Waals surface area (Å²) < 4.78 is 24.4. The molecule has 1 atom stereocenters. The number of nitrogens with zero attached hydrogens (tertiary/aromatic N) is 1. The quantitative estimate of drug-likeness (QED) is 0.851. The number of nitrogen functional groups attached to an aromatic ring is 1. The molecule has 0 saturated carbocycles. The third-order valence-corrected chi connectivity index (χ3v) is 6.98. The van der Waals surface area contributed by atoms with Crippen molar-refractivity contribution in [1.82, 2.24) is 4.90 Å². The van der Waals surface area contributed by atoms with Crippen LogP contribution in [-0.4, -0.2) is 48.4 Å². The minimum absolute atomic E-state index is 0.0397. The molecule has 116 valence electrons. The number of hydrogen-bond donors (Lipinski definition) is 1. The first kappa shape index (κ1) is 16.2. The summed E-state index contributed by atoms with van der Waals surface area (Å²) in [6.45, 7) is 3.92. The molecule has 0 radical (unpaired) electrons. The maximum Gasteiger partial charge on any atom is 0.255 e. The summed E-state index contributed by atoms with van der Waals surface area (Å²) in [4.78, 5) is 14.1. The number of benzene rings is 1. The number of nitrogens with two attached hydrogens (primary N) is 1. The lowest BCUT2D eigenvalue weighted by Crippen LogP contribution is -2.50. The molecule has 7 heteroatoms. The average molecular weight is 328 g/mol. The first-order valence-electron chi connectivity index (χ1n) is 6.83. The van der Waals surface area contributed by atoms with Crippen LogP contribution < -0.4 is 5.73 Å². The number of thioether (sulfide) groups is 1. The van der Waals surface area contributed by atoms with Crippen LogP contribution in [0.5, 0.6) is 0 Å². The number of hydrogen-bond acceptors (Lipinski definition) is 5. The van der Waals surface area contributed by atoms with Crippen molar-refractivity contribution in [2.75, 3.05) is 29.5 Å². The fraction of sp³-hybridized carbons (Fsp3) is 0.500. The maximum atomic E-state index is 12.6. The van der Waals surface area contributed by atoms with Gasteiger partial charge in [0, 0.05) is 35.1 Å². The topological polar surface area (TPSA) is 80.5 Å². The van der Waals surface area contributed by atoms with E-state index in [-0.39, 0.29) is 11.7 Å². The molecule has 1 fully saturated rings. The van der Waals surface area contributed by atoms with Crippen molar-refractivity contribution in [3.8, 4) is 0 Å². The Bertz CT molecular complexity index is 644. The van der Waals surface area contributed by atoms with Crippen LogP contribution in [0, 0.1) is 6.92 Å². The first-order chi connectivity index (χ1) is 9.86. The van der Waals surface area contributed by atoms with Gasteiger partial charge in [-0.2, -0.15) is 11.8 Å². The highest BCUT2D eigenvalue weighted by atomic mass is 32.2. The van der Waals surface area contributed by atoms with E-state index < -0.39 is 15.2 Å². The fourth-order valence-corrected chi connectivity index (χ4v) is 5.21. The number of amides is 1. The standard InChI is InChI=1S/C14H20N2O3S2/c1-3-21(18,19)13-9-20-7-6-16(13)14(17)11-5-4-10(2)12(15)8-11/h4-5,8,13H,3,6-7,9,15H2,1-2H3. The molecule has 21 heavy (non-hydrogen) atoms. The molecule has 0 aliphatic carbocycles. The molecule has 0 aromatic heterocycles. The van der Waals surface area contributed by atoms with Gasteiger partial charge in [-0.3, -0.25) is 4.79 Å². The minimum atomic E-state index is -3.29. The molecule has 0 bridgehead atoms. The third-order valence-electron chi connectivity index (χ3n) is 3.69. The van der Waals surface area contributed by atoms with E-state index in [9.17, 15) is 13.2 Å². The van der Waals surface area contributed by atoms with Crippen LogP contribution in [0.15, 0.2) is 18.2 Å². The Hall–Kier alpha value is -1.21. The lowest BCUT2D eigenvalue weighted by atomic mass is 10.1. The molecule has 1 unspecified atom stereocenters. The molecule has 1 amide bonds. The molecule has 5 nitrogen and oxygen atoms in total. The Morgan fingerprint density at radius 1 is 1.48 bits per heavy atom. The SMILES string of the molecule is CCS(=O)(=O)C1CSCCN1C(=O)c1ccc(C)c(N)c1. The summed E-state index contributed by atoms with van der Waals surface area (Å²) in [5.74, 6) is 0.966. The number of anilines is 1. The average Bonchev–Trinajstić information content (AvgIpc) is 2.49. The van der Waals surface area contributed by atoms with E-state index in [0.29, 0.717) is 23.5 Å². The zero-order valence-electron chi connectivity index (χ0n) is 12.2. The Morgan fingerprint density at radius 3 is 2.81 bits per heavy atom. The van der Waals surface area contributed by atoms with Gasteiger partial charge in [-0.15, -0.1) is 0 Å². The van der Waals surface area contributed by atoms with Gasteiger partial charge in [0.2, 0.25) is 0 Å². The number of aryl methyl sites for hydroxylation is 1. The van der Waals surface area contributed by atoms with Crippen LogP contribution >= 0.6 is 11.8 Å². The normalized spacial score (nSPS) is 19.5. The second-order valence-corrected chi connectivity index (χ2v) is 8.65. The molecular weight excluding hydrogens is 308 g/mol. The highest BCUT2D eigenvalue weighted by Gasteiger charge is 2.36. The molecule has 1 aliphatic heterocycles. The molecule has 1 aromatic carbocycles. The van der Waals surface area contributed by atoms with Crippen molar-refractivity contribution < 1.29 is 13.2 Å². The largest absolute Gasteiger partial charge is 0.398 e. The summed E-state index contributed by atoms with van der Waals surface area (Å²) in [5.41, 5.74) is 7.73. The summed E-state index contributed by atoms with van der Waals surface area (Å²) in [5, 5.41) is -0.740. The van der Waals surface area contributed by atoms with E-state index >= 15 is 0 Å². The molecule has 1 saturated heterocycles. The Kier molecular flexibility index (Phi) is 4.83. The Balaban J connectivity index is 2.33. The highest BCUT2D eigenvalue weighted by molar-refractivity contribution is 8.01. The predicted octanol–water partition coefficient (Wildman–Crippen LogP) is 1.53. The zero-order chi connectivity index (χ0) is 15.6. The van der Waals surface area contributed by atoms with Crippen molar-refractivity contribution in [3.05, 3.63) is 29.3 Å². The summed E-state index contributed by atoms with van der Waals surface area (Å²) in [6, 6.07) is 5.10. The molecular formula is C14H20N2O3S2. The van der Waals surface area contributed by atoms with E-state index in [4.69, 9.17) is 5.73 Å². The minimum Gasteiger partial charge on any atom is -0.398 e. The molecule has 1 aromatic rings. The van der Waals surface area contributed by atoms with Gasteiger partial charge in [-0.05, 0) is 24.6 Å². The van der Waals surface area contributed by atoms with Crippen molar-refractivity contribution in [3.63, 3.8) is 0 Å². The van der Waals surface area contributed by atoms with E-state index in [1.54, 1.807) is 36.9 Å². The lowest BCUT2D eigenvalue weighted by Gasteiger charge is -2.34. The van der Waals surface area contributed by atoms with Gasteiger partial charge in [0.1, 0.15) is 5.37 Å². The van der Waals surface area contributed by atoms with Crippen molar-refractivity contribution in [2.45, 2.75) is 19.2 Å². The van der Waals surface area contributed by atoms with Crippen molar-refractivity contribution in [2.24, 2.45) is 0 Å². The van der Waals surface area contributed by atoms with Crippen molar-refractivity contribution in [1.29, 1.82) is 0 Å². The summed E-state index contributed by atoms with van der Waals surface area (Å²) in [7, 11) is -3.29. The van der Waals surface area contributed by atoms with E-state index in [1.165, 1.54) is 4.90 Å². The Labute approximate surface area is 129 Å². The maximum absolute atomic E-state index is 12.6. The van der Waals surface area contributed by atoms with Gasteiger partial charge in [-0.1, -0.05) is 13.0 Å². The predicted molar refractivity (Wildman–Crippen MR) is 87.2 cm³/mol. The van der Waals surface area contributed by atoms with Gasteiger partial charge in [0.15, 0.2) is 9.84 Å². The van der Waals surface area contributed by atoms with Gasteiger partial charge < -0.3 is 10.6 Å². The van der Waals surface area contributed by atoms with Crippen LogP contribution in [0.3, 0.4) is 0 Å². The first-order valence-corrected chi connectivity index (χ1v) is 9.70. The summed E-state index contributed by atoms with van der Waals surface area (Å²) >= 11 is 1.57. The van der Waals surface area contributed by atoms with Crippen LogP contribution in [0.1, 0.15) is 22.8 Å². The molecule has 1 heterocycles. The van der Waals surface area contributed by atoms with Crippen molar-refractivity contribution >= 4 is 33.2 Å². The molecule has 2 N–H and O–H groups in total. The molecule has 1 aliphatic rings.